The molecule has 14 heavy (non-hydrogen) atoms. The quantitative estimate of drug-likeness (QED) is 0.581. The van der Waals surface area contributed by atoms with Gasteiger partial charge in [-0.05, 0) is 72.8 Å². The molecule has 3 rings (SSSR count). The first-order chi connectivity index (χ1) is 6.77. The van der Waals surface area contributed by atoms with E-state index in [1.54, 1.807) is 27.8 Å². The van der Waals surface area contributed by atoms with Crippen LogP contribution in [0.5, 0.6) is 0 Å². The number of benzene rings is 1. The van der Waals surface area contributed by atoms with Crippen LogP contribution < -0.4 is 0 Å². The van der Waals surface area contributed by atoms with Crippen molar-refractivity contribution in [2.75, 3.05) is 0 Å². The van der Waals surface area contributed by atoms with Gasteiger partial charge in [0, 0.05) is 0 Å². The minimum Gasteiger partial charge on any atom is -0.0584 e. The van der Waals surface area contributed by atoms with Crippen LogP contribution in [0.15, 0.2) is 6.07 Å². The van der Waals surface area contributed by atoms with Gasteiger partial charge in [-0.2, -0.15) is 0 Å². The lowest BCUT2D eigenvalue weighted by molar-refractivity contribution is 0.746. The Bertz CT molecular complexity index is 388. The Morgan fingerprint density at radius 1 is 1.14 bits per heavy atom. The molecule has 0 saturated heterocycles. The zero-order valence-electron chi connectivity index (χ0n) is 9.19. The van der Waals surface area contributed by atoms with Crippen molar-refractivity contribution in [2.45, 2.75) is 51.9 Å². The molecule has 0 amide bonds. The molecule has 0 heteroatoms. The Balaban J connectivity index is 2.24. The van der Waals surface area contributed by atoms with Crippen molar-refractivity contribution in [3.8, 4) is 0 Å². The molecule has 74 valence electrons. The number of hydrogen-bond acceptors (Lipinski definition) is 0. The summed E-state index contributed by atoms with van der Waals surface area (Å²) in [7, 11) is 0. The maximum absolute atomic E-state index is 2.52. The summed E-state index contributed by atoms with van der Waals surface area (Å²) in [6.45, 7) is 4.73. The Labute approximate surface area is 86.3 Å². The molecule has 0 bridgehead atoms. The van der Waals surface area contributed by atoms with Crippen molar-refractivity contribution in [2.24, 2.45) is 0 Å². The first kappa shape index (κ1) is 8.52. The summed E-state index contributed by atoms with van der Waals surface area (Å²) in [5, 5.41) is 0. The summed E-state index contributed by atoms with van der Waals surface area (Å²) < 4.78 is 0. The Kier molecular flexibility index (Phi) is 1.74. The molecule has 0 aromatic heterocycles. The highest BCUT2D eigenvalue weighted by Gasteiger charge is 2.25. The zero-order valence-corrected chi connectivity index (χ0v) is 9.19. The second-order valence-electron chi connectivity index (χ2n) is 5.00. The fraction of sp³-hybridized carbons (Fsp3) is 0.571. The number of hydrogen-bond donors (Lipinski definition) is 0. The van der Waals surface area contributed by atoms with Gasteiger partial charge in [-0.1, -0.05) is 13.0 Å². The van der Waals surface area contributed by atoms with Gasteiger partial charge in [0.15, 0.2) is 0 Å². The van der Waals surface area contributed by atoms with E-state index >= 15 is 0 Å². The van der Waals surface area contributed by atoms with E-state index in [-0.39, 0.29) is 0 Å². The van der Waals surface area contributed by atoms with Gasteiger partial charge in [-0.25, -0.2) is 0 Å². The summed E-state index contributed by atoms with van der Waals surface area (Å²) in [5.74, 6) is 0.814. The second-order valence-corrected chi connectivity index (χ2v) is 5.00. The molecule has 1 aromatic rings. The summed E-state index contributed by atoms with van der Waals surface area (Å²) in [6.07, 6.45) is 6.75. The van der Waals surface area contributed by atoms with Crippen molar-refractivity contribution in [1.82, 2.24) is 0 Å². The fourth-order valence-electron chi connectivity index (χ4n) is 3.32. The van der Waals surface area contributed by atoms with Crippen LogP contribution in [-0.2, 0) is 19.3 Å². The monoisotopic (exact) mass is 186 g/mol. The largest absolute Gasteiger partial charge is 0.0584 e. The third-order valence-corrected chi connectivity index (χ3v) is 4.20. The number of aryl methyl sites for hydroxylation is 1. The van der Waals surface area contributed by atoms with Crippen molar-refractivity contribution in [3.63, 3.8) is 0 Å². The average Bonchev–Trinajstić information content (AvgIpc) is 2.75. The van der Waals surface area contributed by atoms with Gasteiger partial charge in [-0.3, -0.25) is 0 Å². The lowest BCUT2D eigenvalue weighted by Crippen LogP contribution is -1.96. The van der Waals surface area contributed by atoms with Crippen LogP contribution in [0.1, 0.15) is 53.5 Å². The van der Waals surface area contributed by atoms with Gasteiger partial charge in [0.2, 0.25) is 0 Å². The minimum atomic E-state index is 0.814. The highest BCUT2D eigenvalue weighted by molar-refractivity contribution is 5.50. The Morgan fingerprint density at radius 3 is 2.86 bits per heavy atom. The average molecular weight is 186 g/mol. The SMILES string of the molecule is Cc1c2c(cc3c1CCC3C)CCC2. The van der Waals surface area contributed by atoms with E-state index in [0.717, 1.165) is 5.92 Å². The van der Waals surface area contributed by atoms with Crippen molar-refractivity contribution in [3.05, 3.63) is 33.9 Å². The van der Waals surface area contributed by atoms with Crippen molar-refractivity contribution in [1.29, 1.82) is 0 Å². The predicted octanol–water partition coefficient (Wildman–Crippen LogP) is 3.53. The van der Waals surface area contributed by atoms with E-state index in [2.05, 4.69) is 19.9 Å². The summed E-state index contributed by atoms with van der Waals surface area (Å²) in [6, 6.07) is 2.52. The van der Waals surface area contributed by atoms with Crippen molar-refractivity contribution >= 4 is 0 Å². The van der Waals surface area contributed by atoms with Crippen LogP contribution in [0.4, 0.5) is 0 Å². The normalized spacial score (nSPS) is 23.7. The number of fused-ring (bicyclic) bond motifs is 2. The molecule has 1 unspecified atom stereocenters. The van der Waals surface area contributed by atoms with Gasteiger partial charge < -0.3 is 0 Å². The lowest BCUT2D eigenvalue weighted by Gasteiger charge is -2.12. The van der Waals surface area contributed by atoms with Gasteiger partial charge in [0.25, 0.3) is 0 Å². The first-order valence-corrected chi connectivity index (χ1v) is 5.91. The molecule has 0 aliphatic heterocycles. The maximum Gasteiger partial charge on any atom is -0.0184 e. The van der Waals surface area contributed by atoms with Gasteiger partial charge in [-0.15, -0.1) is 0 Å². The third kappa shape index (κ3) is 1.00. The summed E-state index contributed by atoms with van der Waals surface area (Å²) >= 11 is 0. The van der Waals surface area contributed by atoms with Gasteiger partial charge in [0.05, 0.1) is 0 Å². The fourth-order valence-corrected chi connectivity index (χ4v) is 3.32. The smallest absolute Gasteiger partial charge is 0.0184 e. The Hall–Kier alpha value is -0.780. The zero-order chi connectivity index (χ0) is 9.71. The molecule has 0 radical (unpaired) electrons. The molecule has 0 spiro atoms. The molecule has 0 fully saturated rings. The molecular weight excluding hydrogens is 168 g/mol. The van der Waals surface area contributed by atoms with Crippen LogP contribution >= 0.6 is 0 Å². The minimum absolute atomic E-state index is 0.814. The van der Waals surface area contributed by atoms with Crippen LogP contribution in [0.2, 0.25) is 0 Å². The van der Waals surface area contributed by atoms with Crippen LogP contribution in [0.3, 0.4) is 0 Å². The number of rotatable bonds is 0. The molecule has 0 N–H and O–H groups in total. The molecule has 0 nitrogen and oxygen atoms in total. The van der Waals surface area contributed by atoms with E-state index in [9.17, 15) is 0 Å². The first-order valence-electron chi connectivity index (χ1n) is 5.91. The highest BCUT2D eigenvalue weighted by Crippen LogP contribution is 2.39. The molecule has 0 heterocycles. The molecule has 0 saturated carbocycles. The van der Waals surface area contributed by atoms with Crippen LogP contribution in [-0.4, -0.2) is 0 Å². The van der Waals surface area contributed by atoms with Crippen LogP contribution in [0.25, 0.3) is 0 Å². The maximum atomic E-state index is 2.52. The summed E-state index contributed by atoms with van der Waals surface area (Å²) in [5.41, 5.74) is 8.36. The van der Waals surface area contributed by atoms with Crippen molar-refractivity contribution < 1.29 is 0 Å². The highest BCUT2D eigenvalue weighted by atomic mass is 14.3. The van der Waals surface area contributed by atoms with E-state index in [0.29, 0.717) is 0 Å². The molecular formula is C14H18. The topological polar surface area (TPSA) is 0 Å². The molecule has 2 aliphatic rings. The van der Waals surface area contributed by atoms with E-state index in [4.69, 9.17) is 0 Å². The molecule has 1 aromatic carbocycles. The van der Waals surface area contributed by atoms with Gasteiger partial charge in [0.1, 0.15) is 0 Å². The second kappa shape index (κ2) is 2.85. The molecule has 2 aliphatic carbocycles. The standard InChI is InChI=1S/C14H18/c1-9-6-7-13-10(2)12-5-3-4-11(12)8-14(9)13/h8-9H,3-7H2,1-2H3. The summed E-state index contributed by atoms with van der Waals surface area (Å²) in [4.78, 5) is 0. The molecule has 1 atom stereocenters. The van der Waals surface area contributed by atoms with E-state index < -0.39 is 0 Å². The lowest BCUT2D eigenvalue weighted by atomic mass is 9.93. The predicted molar refractivity (Wildman–Crippen MR) is 59.9 cm³/mol. The van der Waals surface area contributed by atoms with E-state index in [1.165, 1.54) is 32.1 Å². The third-order valence-electron chi connectivity index (χ3n) is 4.20. The van der Waals surface area contributed by atoms with E-state index in [1.807, 2.05) is 0 Å². The Morgan fingerprint density at radius 2 is 2.00 bits per heavy atom. The van der Waals surface area contributed by atoms with Gasteiger partial charge >= 0.3 is 0 Å². The van der Waals surface area contributed by atoms with Crippen LogP contribution in [0, 0.1) is 6.92 Å².